The van der Waals surface area contributed by atoms with E-state index in [0.717, 1.165) is 16.7 Å². The Morgan fingerprint density at radius 1 is 0.817 bits per heavy atom. The first-order chi connectivity index (χ1) is 39.4. The number of fused-ring (bicyclic) bond motifs is 5. The second kappa shape index (κ2) is 23.0. The Hall–Kier alpha value is -9.33. The molecule has 3 aliphatic heterocycles. The van der Waals surface area contributed by atoms with Gasteiger partial charge in [-0.15, -0.1) is 0 Å². The van der Waals surface area contributed by atoms with Crippen molar-refractivity contribution < 1.29 is 65.6 Å². The number of carbonyl (C=O) groups excluding carboxylic acids is 5. The maximum atomic E-state index is 14.7. The average Bonchev–Trinajstić information content (AvgIpc) is 3.76. The van der Waals surface area contributed by atoms with Crippen molar-refractivity contribution in [2.75, 3.05) is 19.5 Å². The standard InChI is InChI=1S/C35H34FN3O7.C27H26FN3O5/c1-20(2)30(34-39-31(35(43)44-3)32(46-34)27-18-37-28-14-11-24(36)17-26(27)28)38-33(42)23(15-21-9-12-25(40)13-10-21)16-29(41)45-19-22-7-5-4-6-8-22;1-12(2)20-24-31-21(25(33)34-4)22(36-24)27-16-11-15(28)6-7-18(16)29-26(27)35-19-8-5-14(10-17(19)27)9-13(3)23(32)30-20/h4-14,17-18,20,23,30,37,40H,15-16,19H2,1-3H3,(H,38,42);5-8,10-13,20,26,29H,9H2,1-4H3,(H,30,32)/t23-,30+;13-,20-,26+,27-/m10/s1. The monoisotopic (exact) mass is 1120 g/mol. The number of rotatable bonds is 14. The Morgan fingerprint density at radius 2 is 1.54 bits per heavy atom. The molecule has 5 N–H and O–H groups in total. The highest BCUT2D eigenvalue weighted by atomic mass is 19.1. The summed E-state index contributed by atoms with van der Waals surface area (Å²) in [5, 5.41) is 19.5. The molecule has 3 aromatic heterocycles. The lowest BCUT2D eigenvalue weighted by Gasteiger charge is -2.28. The molecule has 0 aliphatic carbocycles. The molecule has 8 aromatic rings. The Bertz CT molecular complexity index is 3720. The van der Waals surface area contributed by atoms with Crippen molar-refractivity contribution in [3.8, 4) is 22.8 Å². The minimum atomic E-state index is -1.20. The summed E-state index contributed by atoms with van der Waals surface area (Å²) < 4.78 is 63.3. The molecule has 6 atom stereocenters. The van der Waals surface area contributed by atoms with Gasteiger partial charge in [0.1, 0.15) is 47.2 Å². The number of benzene rings is 5. The number of methoxy groups -OCH3 is 2. The van der Waals surface area contributed by atoms with Crippen molar-refractivity contribution in [3.05, 3.63) is 184 Å². The molecule has 0 fully saturated rings. The molecule has 0 unspecified atom stereocenters. The van der Waals surface area contributed by atoms with Gasteiger partial charge in [0.2, 0.25) is 23.6 Å². The number of H-pyrrole nitrogens is 1. The third-order valence-electron chi connectivity index (χ3n) is 15.0. The summed E-state index contributed by atoms with van der Waals surface area (Å²) >= 11 is 0. The van der Waals surface area contributed by atoms with Crippen molar-refractivity contribution in [1.82, 2.24) is 25.6 Å². The number of oxazole rings is 2. The van der Waals surface area contributed by atoms with Crippen LogP contribution in [0.2, 0.25) is 0 Å². The Labute approximate surface area is 469 Å². The smallest absolute Gasteiger partial charge is 0.360 e. The second-order valence-electron chi connectivity index (χ2n) is 21.3. The predicted molar refractivity (Wildman–Crippen MR) is 294 cm³/mol. The van der Waals surface area contributed by atoms with Gasteiger partial charge >= 0.3 is 17.9 Å². The van der Waals surface area contributed by atoms with Crippen LogP contribution in [0.15, 0.2) is 124 Å². The number of aromatic nitrogens is 3. The van der Waals surface area contributed by atoms with Crippen molar-refractivity contribution in [2.24, 2.45) is 23.7 Å². The number of hydrogen-bond acceptors (Lipinski definition) is 15. The van der Waals surface area contributed by atoms with Gasteiger partial charge < -0.3 is 53.8 Å². The quantitative estimate of drug-likeness (QED) is 0.0502. The van der Waals surface area contributed by atoms with Gasteiger partial charge in [0.05, 0.1) is 26.6 Å². The second-order valence-corrected chi connectivity index (χ2v) is 21.3. The minimum absolute atomic E-state index is 0.0366. The highest BCUT2D eigenvalue weighted by Gasteiger charge is 2.61. The number of anilines is 1. The number of aromatic hydroxyl groups is 1. The van der Waals surface area contributed by atoms with Gasteiger partial charge in [-0.25, -0.2) is 28.3 Å². The van der Waals surface area contributed by atoms with Crippen LogP contribution in [0.25, 0.3) is 22.2 Å². The topological polar surface area (TPSA) is 246 Å². The number of nitrogens with one attached hydrogen (secondary N) is 4. The first-order valence-corrected chi connectivity index (χ1v) is 26.8. The largest absolute Gasteiger partial charge is 0.508 e. The van der Waals surface area contributed by atoms with Crippen LogP contribution in [0, 0.1) is 35.3 Å². The molecule has 1 spiro atoms. The highest BCUT2D eigenvalue weighted by Crippen LogP contribution is 2.59. The zero-order chi connectivity index (χ0) is 58.1. The van der Waals surface area contributed by atoms with Crippen LogP contribution in [0.1, 0.15) is 119 Å². The molecular formula is C62H60F2N6O12. The van der Waals surface area contributed by atoms with Gasteiger partial charge in [-0.05, 0) is 96.0 Å². The molecule has 82 heavy (non-hydrogen) atoms. The lowest BCUT2D eigenvalue weighted by Crippen LogP contribution is -2.41. The molecule has 3 aliphatic rings. The average molecular weight is 1120 g/mol. The first-order valence-electron chi connectivity index (χ1n) is 26.8. The number of aromatic amines is 1. The van der Waals surface area contributed by atoms with Crippen molar-refractivity contribution in [3.63, 3.8) is 0 Å². The lowest BCUT2D eigenvalue weighted by atomic mass is 9.72. The molecule has 0 radical (unpaired) electrons. The van der Waals surface area contributed by atoms with E-state index in [1.54, 1.807) is 30.5 Å². The number of esters is 3. The van der Waals surface area contributed by atoms with E-state index in [9.17, 15) is 37.9 Å². The van der Waals surface area contributed by atoms with Crippen molar-refractivity contribution in [2.45, 2.75) is 84.2 Å². The van der Waals surface area contributed by atoms with E-state index < -0.39 is 65.1 Å². The van der Waals surface area contributed by atoms with Gasteiger partial charge in [0.25, 0.3) is 0 Å². The van der Waals surface area contributed by atoms with Gasteiger partial charge in [-0.3, -0.25) is 14.4 Å². The summed E-state index contributed by atoms with van der Waals surface area (Å²) in [6.07, 6.45) is 1.33. The number of halogens is 2. The molecule has 2 amide bonds. The molecule has 0 saturated heterocycles. The molecule has 6 heterocycles. The normalized spacial score (nSPS) is 18.3. The van der Waals surface area contributed by atoms with E-state index in [-0.39, 0.29) is 83.5 Å². The van der Waals surface area contributed by atoms with Crippen LogP contribution in [-0.4, -0.2) is 70.2 Å². The molecule has 18 nitrogen and oxygen atoms in total. The SMILES string of the molecule is COC(=O)c1nc([C@@H](NC(=O)[C@@H](CC(=O)OCc2ccccc2)Cc2ccc(O)cc2)C(C)C)oc1-c1c[nH]c2ccc(F)cc12.COC(=O)c1nc2oc1[C@@]13c4cc(F)ccc4N[C@@H]1Oc1ccc(cc13)C[C@H](C)C(=O)N[C@H]2C(C)C. The Morgan fingerprint density at radius 3 is 2.26 bits per heavy atom. The lowest BCUT2D eigenvalue weighted by molar-refractivity contribution is -0.148. The van der Waals surface area contributed by atoms with Gasteiger partial charge in [0.15, 0.2) is 29.1 Å². The van der Waals surface area contributed by atoms with E-state index in [1.807, 2.05) is 83.1 Å². The Kier molecular flexibility index (Phi) is 15.7. The van der Waals surface area contributed by atoms with E-state index in [1.165, 1.54) is 50.6 Å². The molecule has 4 bridgehead atoms. The van der Waals surface area contributed by atoms with Crippen LogP contribution in [-0.2, 0) is 53.5 Å². The van der Waals surface area contributed by atoms with Gasteiger partial charge in [-0.1, -0.05) is 89.2 Å². The summed E-state index contributed by atoms with van der Waals surface area (Å²) in [6, 6.07) is 28.5. The highest BCUT2D eigenvalue weighted by molar-refractivity contribution is 6.01. The number of carbonyl (C=O) groups is 5. The predicted octanol–water partition coefficient (Wildman–Crippen LogP) is 10.3. The molecular weight excluding hydrogens is 1060 g/mol. The van der Waals surface area contributed by atoms with E-state index in [0.29, 0.717) is 45.5 Å². The fourth-order valence-electron chi connectivity index (χ4n) is 10.7. The molecule has 11 rings (SSSR count). The first kappa shape index (κ1) is 56.0. The van der Waals surface area contributed by atoms with E-state index in [2.05, 4.69) is 30.9 Å². The van der Waals surface area contributed by atoms with Crippen molar-refractivity contribution in [1.29, 1.82) is 0 Å². The summed E-state index contributed by atoms with van der Waals surface area (Å²) in [5.74, 6) is -3.93. The van der Waals surface area contributed by atoms with Crippen LogP contribution in [0.4, 0.5) is 14.5 Å². The zero-order valence-corrected chi connectivity index (χ0v) is 45.9. The summed E-state index contributed by atoms with van der Waals surface area (Å²) in [5.41, 5.74) is 4.05. The van der Waals surface area contributed by atoms with Crippen LogP contribution >= 0.6 is 0 Å². The molecule has 5 aromatic carbocycles. The van der Waals surface area contributed by atoms with Crippen LogP contribution in [0.5, 0.6) is 11.5 Å². The van der Waals surface area contributed by atoms with Crippen LogP contribution < -0.4 is 20.7 Å². The number of phenolic OH excluding ortho intramolecular Hbond substituents is 1. The minimum Gasteiger partial charge on any atom is -0.508 e. The van der Waals surface area contributed by atoms with Gasteiger partial charge in [-0.2, -0.15) is 0 Å². The maximum Gasteiger partial charge on any atom is 0.360 e. The van der Waals surface area contributed by atoms with E-state index in [4.69, 9.17) is 27.8 Å². The number of ether oxygens (including phenoxy) is 4. The molecule has 424 valence electrons. The summed E-state index contributed by atoms with van der Waals surface area (Å²) in [7, 11) is 2.48. The van der Waals surface area contributed by atoms with Crippen LogP contribution in [0.3, 0.4) is 0 Å². The summed E-state index contributed by atoms with van der Waals surface area (Å²) in [6.45, 7) is 9.49. The Balaban J connectivity index is 0.000000189. The zero-order valence-electron chi connectivity index (χ0n) is 45.9. The number of nitrogens with zero attached hydrogens (tertiary/aromatic N) is 2. The molecule has 0 saturated carbocycles. The van der Waals surface area contributed by atoms with Crippen molar-refractivity contribution >= 4 is 46.3 Å². The maximum absolute atomic E-state index is 14.7. The fourth-order valence-corrected chi connectivity index (χ4v) is 10.7. The molecule has 20 heteroatoms. The van der Waals surface area contributed by atoms with E-state index >= 15 is 0 Å². The number of amides is 2. The fraction of sp³-hybridized carbons (Fsp3) is 0.306. The number of phenols is 1. The third-order valence-corrected chi connectivity index (χ3v) is 15.0. The number of hydrogen-bond donors (Lipinski definition) is 5. The third kappa shape index (κ3) is 10.9. The summed E-state index contributed by atoms with van der Waals surface area (Å²) in [4.78, 5) is 77.8. The van der Waals surface area contributed by atoms with Gasteiger partial charge in [0, 0.05) is 45.4 Å².